The van der Waals surface area contributed by atoms with E-state index in [4.69, 9.17) is 4.74 Å². The Morgan fingerprint density at radius 3 is 2.35 bits per heavy atom. The predicted octanol–water partition coefficient (Wildman–Crippen LogP) is 2.80. The topological polar surface area (TPSA) is 51.5 Å². The van der Waals surface area contributed by atoms with Gasteiger partial charge in [0.25, 0.3) is 5.56 Å². The Balaban J connectivity index is 2.33. The average Bonchev–Trinajstić information content (AvgIpc) is 2.58. The number of carbonyl (C=O) groups excluding carboxylic acids is 1. The van der Waals surface area contributed by atoms with Gasteiger partial charge in [-0.05, 0) is 32.0 Å². The number of benzene rings is 1. The Kier molecular flexibility index (Phi) is 5.74. The van der Waals surface area contributed by atoms with Gasteiger partial charge in [0.2, 0.25) is 5.88 Å². The van der Waals surface area contributed by atoms with Crippen molar-refractivity contribution >= 4 is 12.2 Å². The van der Waals surface area contributed by atoms with Crippen LogP contribution in [-0.4, -0.2) is 28.5 Å². The van der Waals surface area contributed by atoms with Gasteiger partial charge < -0.3 is 9.64 Å². The van der Waals surface area contributed by atoms with E-state index in [2.05, 4.69) is 0 Å². The van der Waals surface area contributed by atoms with E-state index in [-0.39, 0.29) is 5.56 Å². The number of pyridine rings is 1. The van der Waals surface area contributed by atoms with Crippen LogP contribution in [0.4, 0.5) is 0 Å². The summed E-state index contributed by atoms with van der Waals surface area (Å²) in [4.78, 5) is 26.0. The normalized spacial score (nSPS) is 11.1. The van der Waals surface area contributed by atoms with Crippen molar-refractivity contribution in [2.45, 2.75) is 13.8 Å². The number of nitrogens with zero attached hydrogens (tertiary/aromatic N) is 2. The van der Waals surface area contributed by atoms with Crippen LogP contribution < -0.4 is 5.56 Å². The molecule has 0 bridgehead atoms. The van der Waals surface area contributed by atoms with Crippen molar-refractivity contribution in [1.29, 1.82) is 0 Å². The summed E-state index contributed by atoms with van der Waals surface area (Å²) in [5.74, 6) is -0.107. The van der Waals surface area contributed by atoms with E-state index in [9.17, 15) is 9.59 Å². The molecule has 0 aliphatic heterocycles. The highest BCUT2D eigenvalue weighted by Gasteiger charge is 2.14. The van der Waals surface area contributed by atoms with Crippen molar-refractivity contribution in [3.8, 4) is 0 Å². The van der Waals surface area contributed by atoms with Gasteiger partial charge >= 0.3 is 5.97 Å². The third-order valence-corrected chi connectivity index (χ3v) is 3.38. The minimum Gasteiger partial charge on any atom is -0.404 e. The van der Waals surface area contributed by atoms with E-state index in [1.54, 1.807) is 42.6 Å². The Bertz CT molecular complexity index is 731. The molecular weight excluding hydrogens is 292 g/mol. The van der Waals surface area contributed by atoms with Gasteiger partial charge in [0, 0.05) is 25.4 Å². The highest BCUT2D eigenvalue weighted by atomic mass is 16.6. The zero-order chi connectivity index (χ0) is 16.7. The van der Waals surface area contributed by atoms with Crippen LogP contribution in [-0.2, 0) is 4.74 Å². The van der Waals surface area contributed by atoms with Crippen LogP contribution in [0.3, 0.4) is 0 Å². The van der Waals surface area contributed by atoms with Gasteiger partial charge in [0.05, 0.1) is 11.8 Å². The van der Waals surface area contributed by atoms with E-state index >= 15 is 0 Å². The zero-order valence-corrected chi connectivity index (χ0v) is 13.3. The van der Waals surface area contributed by atoms with Gasteiger partial charge in [-0.25, -0.2) is 4.79 Å². The summed E-state index contributed by atoms with van der Waals surface area (Å²) in [6.45, 7) is 5.24. The lowest BCUT2D eigenvalue weighted by molar-refractivity contribution is 0.0512. The fraction of sp³-hybridized carbons (Fsp3) is 0.222. The first-order chi connectivity index (χ1) is 11.2. The molecule has 0 aliphatic carbocycles. The maximum Gasteiger partial charge on any atom is 0.344 e. The summed E-state index contributed by atoms with van der Waals surface area (Å²) in [6, 6.07) is 13.6. The molecule has 5 heteroatoms. The number of carbonyl (C=O) groups is 1. The number of hydrogen-bond donors (Lipinski definition) is 0. The van der Waals surface area contributed by atoms with Crippen LogP contribution in [0.2, 0.25) is 0 Å². The Morgan fingerprint density at radius 2 is 1.74 bits per heavy atom. The quantitative estimate of drug-likeness (QED) is 0.608. The Morgan fingerprint density at radius 1 is 1.09 bits per heavy atom. The molecule has 0 aliphatic rings. The van der Waals surface area contributed by atoms with Crippen LogP contribution in [0.15, 0.2) is 65.4 Å². The minimum atomic E-state index is -0.451. The third-order valence-electron chi connectivity index (χ3n) is 3.38. The molecule has 0 radical (unpaired) electrons. The van der Waals surface area contributed by atoms with Crippen LogP contribution in [0.1, 0.15) is 24.2 Å². The van der Waals surface area contributed by atoms with Gasteiger partial charge in [0.15, 0.2) is 0 Å². The van der Waals surface area contributed by atoms with Crippen LogP contribution in [0.5, 0.6) is 0 Å². The van der Waals surface area contributed by atoms with E-state index in [0.29, 0.717) is 24.5 Å². The molecule has 0 saturated carbocycles. The van der Waals surface area contributed by atoms with E-state index < -0.39 is 5.97 Å². The van der Waals surface area contributed by atoms with Crippen molar-refractivity contribution < 1.29 is 9.53 Å². The average molecular weight is 312 g/mol. The SMILES string of the molecule is CCN(CC)/C(=C/n1ccccc1=O)OC(=O)c1ccccc1. The molecule has 0 N–H and O–H groups in total. The van der Waals surface area contributed by atoms with E-state index in [1.807, 2.05) is 24.8 Å². The monoisotopic (exact) mass is 312 g/mol. The molecule has 1 aromatic carbocycles. The number of ether oxygens (including phenoxy) is 1. The molecule has 2 rings (SSSR count). The number of esters is 1. The lowest BCUT2D eigenvalue weighted by atomic mass is 10.2. The molecule has 0 amide bonds. The fourth-order valence-electron chi connectivity index (χ4n) is 2.10. The maximum atomic E-state index is 12.3. The molecule has 0 saturated heterocycles. The first-order valence-electron chi connectivity index (χ1n) is 7.56. The van der Waals surface area contributed by atoms with Gasteiger partial charge in [-0.2, -0.15) is 0 Å². The van der Waals surface area contributed by atoms with E-state index in [0.717, 1.165) is 0 Å². The zero-order valence-electron chi connectivity index (χ0n) is 13.3. The molecule has 120 valence electrons. The van der Waals surface area contributed by atoms with Crippen LogP contribution in [0.25, 0.3) is 6.20 Å². The third kappa shape index (κ3) is 4.32. The van der Waals surface area contributed by atoms with Gasteiger partial charge in [-0.15, -0.1) is 0 Å². The predicted molar refractivity (Wildman–Crippen MR) is 89.8 cm³/mol. The second-order valence-electron chi connectivity index (χ2n) is 4.84. The molecule has 2 aromatic rings. The molecule has 1 heterocycles. The lowest BCUT2D eigenvalue weighted by Gasteiger charge is -2.23. The lowest BCUT2D eigenvalue weighted by Crippen LogP contribution is -2.27. The van der Waals surface area contributed by atoms with Crippen molar-refractivity contribution in [2.24, 2.45) is 0 Å². The number of hydrogen-bond acceptors (Lipinski definition) is 4. The number of rotatable bonds is 6. The van der Waals surface area contributed by atoms with E-state index in [1.165, 1.54) is 16.8 Å². The summed E-state index contributed by atoms with van der Waals surface area (Å²) < 4.78 is 6.92. The second-order valence-corrected chi connectivity index (χ2v) is 4.84. The van der Waals surface area contributed by atoms with Gasteiger partial charge in [-0.3, -0.25) is 9.36 Å². The summed E-state index contributed by atoms with van der Waals surface area (Å²) in [5, 5.41) is 0. The first-order valence-corrected chi connectivity index (χ1v) is 7.56. The molecule has 0 spiro atoms. The number of aromatic nitrogens is 1. The molecule has 1 aromatic heterocycles. The maximum absolute atomic E-state index is 12.3. The highest BCUT2D eigenvalue weighted by molar-refractivity contribution is 5.90. The molecule has 5 nitrogen and oxygen atoms in total. The summed E-state index contributed by atoms with van der Waals surface area (Å²) in [7, 11) is 0. The Labute approximate surface area is 135 Å². The van der Waals surface area contributed by atoms with Gasteiger partial charge in [-0.1, -0.05) is 24.3 Å². The fourth-order valence-corrected chi connectivity index (χ4v) is 2.10. The summed E-state index contributed by atoms with van der Waals surface area (Å²) in [5.41, 5.74) is 0.277. The standard InChI is InChI=1S/C18H20N2O3/c1-3-19(4-2)17(14-20-13-9-8-12-16(20)21)23-18(22)15-10-6-5-7-11-15/h5-14H,3-4H2,1-2H3/b17-14-. The van der Waals surface area contributed by atoms with Crippen molar-refractivity contribution in [2.75, 3.05) is 13.1 Å². The molecule has 0 unspecified atom stereocenters. The summed E-state index contributed by atoms with van der Waals surface area (Å²) in [6.07, 6.45) is 3.17. The molecule has 23 heavy (non-hydrogen) atoms. The second kappa shape index (κ2) is 7.98. The van der Waals surface area contributed by atoms with Gasteiger partial charge in [0.1, 0.15) is 0 Å². The first kappa shape index (κ1) is 16.5. The van der Waals surface area contributed by atoms with Crippen LogP contribution >= 0.6 is 0 Å². The summed E-state index contributed by atoms with van der Waals surface area (Å²) >= 11 is 0. The minimum absolute atomic E-state index is 0.187. The van der Waals surface area contributed by atoms with Crippen molar-refractivity contribution in [1.82, 2.24) is 9.47 Å². The highest BCUT2D eigenvalue weighted by Crippen LogP contribution is 2.11. The molecular formula is C18H20N2O3. The largest absolute Gasteiger partial charge is 0.404 e. The smallest absolute Gasteiger partial charge is 0.344 e. The van der Waals surface area contributed by atoms with Crippen LogP contribution in [0, 0.1) is 0 Å². The Hall–Kier alpha value is -2.82. The van der Waals surface area contributed by atoms with Crippen molar-refractivity contribution in [3.05, 3.63) is 76.5 Å². The molecule has 0 fully saturated rings. The molecule has 0 atom stereocenters. The van der Waals surface area contributed by atoms with Crippen molar-refractivity contribution in [3.63, 3.8) is 0 Å².